The van der Waals surface area contributed by atoms with Crippen LogP contribution in [0, 0.1) is 15.9 Å². The number of azo groups is 1. The molecule has 2 aromatic carbocycles. The molecule has 0 heterocycles. The van der Waals surface area contributed by atoms with Gasteiger partial charge in [0.1, 0.15) is 5.69 Å². The fourth-order valence-electron chi connectivity index (χ4n) is 2.14. The van der Waals surface area contributed by atoms with E-state index in [9.17, 15) is 14.5 Å². The molecule has 132 valence electrons. The maximum atomic E-state index is 14.2. The molecule has 0 fully saturated rings. The summed E-state index contributed by atoms with van der Waals surface area (Å²) in [7, 11) is 0. The molecule has 0 saturated heterocycles. The molecule has 25 heavy (non-hydrogen) atoms. The van der Waals surface area contributed by atoms with Crippen molar-refractivity contribution in [2.45, 2.75) is 0 Å². The highest BCUT2D eigenvalue weighted by molar-refractivity contribution is 5.54. The normalized spacial score (nSPS) is 11.0. The van der Waals surface area contributed by atoms with Crippen LogP contribution < -0.4 is 4.90 Å². The second-order valence-corrected chi connectivity index (χ2v) is 5.04. The molecule has 0 radical (unpaired) electrons. The minimum Gasteiger partial charge on any atom is -0.395 e. The molecular weight excluding hydrogens is 331 g/mol. The molecule has 0 saturated carbocycles. The van der Waals surface area contributed by atoms with E-state index in [0.29, 0.717) is 11.4 Å². The van der Waals surface area contributed by atoms with Gasteiger partial charge in [0, 0.05) is 30.9 Å². The van der Waals surface area contributed by atoms with Crippen LogP contribution in [0.25, 0.3) is 0 Å². The van der Waals surface area contributed by atoms with Gasteiger partial charge in [-0.3, -0.25) is 10.1 Å². The molecule has 2 rings (SSSR count). The summed E-state index contributed by atoms with van der Waals surface area (Å²) in [6, 6.07) is 9.69. The smallest absolute Gasteiger partial charge is 0.269 e. The minimum absolute atomic E-state index is 0.00931. The third-order valence-electron chi connectivity index (χ3n) is 3.37. The maximum absolute atomic E-state index is 14.2. The van der Waals surface area contributed by atoms with Gasteiger partial charge in [0.05, 0.1) is 23.8 Å². The zero-order valence-electron chi connectivity index (χ0n) is 13.2. The number of nitrogens with zero attached hydrogens (tertiary/aromatic N) is 4. The summed E-state index contributed by atoms with van der Waals surface area (Å²) in [6.07, 6.45) is 0. The number of halogens is 1. The Kier molecular flexibility index (Phi) is 6.49. The van der Waals surface area contributed by atoms with E-state index in [4.69, 9.17) is 10.2 Å². The van der Waals surface area contributed by atoms with Crippen LogP contribution in [0.1, 0.15) is 0 Å². The number of aliphatic hydroxyl groups excluding tert-OH is 2. The summed E-state index contributed by atoms with van der Waals surface area (Å²) in [5.41, 5.74) is 0.809. The van der Waals surface area contributed by atoms with Gasteiger partial charge >= 0.3 is 0 Å². The monoisotopic (exact) mass is 348 g/mol. The molecule has 0 spiro atoms. The van der Waals surface area contributed by atoms with Gasteiger partial charge in [0.25, 0.3) is 5.69 Å². The second-order valence-electron chi connectivity index (χ2n) is 5.04. The standard InChI is InChI=1S/C16H17FN4O4/c17-15-11-14(20(7-9-22)8-10-23)5-6-16(15)19-18-12-1-3-13(4-2-12)21(24)25/h1-6,11,22-23H,7-10H2. The van der Waals surface area contributed by atoms with Crippen molar-refractivity contribution in [3.8, 4) is 0 Å². The van der Waals surface area contributed by atoms with Crippen LogP contribution in [-0.2, 0) is 0 Å². The van der Waals surface area contributed by atoms with Gasteiger partial charge < -0.3 is 15.1 Å². The minimum atomic E-state index is -0.607. The van der Waals surface area contributed by atoms with Crippen molar-refractivity contribution in [2.24, 2.45) is 10.2 Å². The summed E-state index contributed by atoms with van der Waals surface area (Å²) in [4.78, 5) is 11.7. The number of benzene rings is 2. The van der Waals surface area contributed by atoms with Crippen LogP contribution in [0.3, 0.4) is 0 Å². The van der Waals surface area contributed by atoms with Gasteiger partial charge in [-0.1, -0.05) is 0 Å². The van der Waals surface area contributed by atoms with Crippen molar-refractivity contribution in [3.05, 3.63) is 58.4 Å². The van der Waals surface area contributed by atoms with Gasteiger partial charge in [-0.15, -0.1) is 5.11 Å². The highest BCUT2D eigenvalue weighted by atomic mass is 19.1. The predicted molar refractivity (Wildman–Crippen MR) is 90.1 cm³/mol. The van der Waals surface area contributed by atoms with Crippen molar-refractivity contribution in [3.63, 3.8) is 0 Å². The number of nitro benzene ring substituents is 1. The molecule has 2 N–H and O–H groups in total. The summed E-state index contributed by atoms with van der Waals surface area (Å²) < 4.78 is 14.2. The lowest BCUT2D eigenvalue weighted by atomic mass is 10.2. The van der Waals surface area contributed by atoms with E-state index in [1.165, 1.54) is 36.4 Å². The number of anilines is 1. The Morgan fingerprint density at radius 2 is 1.68 bits per heavy atom. The zero-order chi connectivity index (χ0) is 18.2. The Labute approximate surface area is 143 Å². The molecule has 0 aromatic heterocycles. The summed E-state index contributed by atoms with van der Waals surface area (Å²) >= 11 is 0. The van der Waals surface area contributed by atoms with Crippen molar-refractivity contribution >= 4 is 22.7 Å². The van der Waals surface area contributed by atoms with Crippen molar-refractivity contribution in [1.29, 1.82) is 0 Å². The van der Waals surface area contributed by atoms with Gasteiger partial charge in [-0.25, -0.2) is 4.39 Å². The summed E-state index contributed by atoms with van der Waals surface area (Å²) in [5, 5.41) is 36.3. The Hall–Kier alpha value is -2.91. The largest absolute Gasteiger partial charge is 0.395 e. The lowest BCUT2D eigenvalue weighted by Crippen LogP contribution is -2.29. The fourth-order valence-corrected chi connectivity index (χ4v) is 2.14. The van der Waals surface area contributed by atoms with Gasteiger partial charge in [-0.05, 0) is 30.3 Å². The molecule has 0 atom stereocenters. The lowest BCUT2D eigenvalue weighted by molar-refractivity contribution is -0.384. The number of hydrogen-bond donors (Lipinski definition) is 2. The Balaban J connectivity index is 2.15. The Morgan fingerprint density at radius 1 is 1.04 bits per heavy atom. The summed E-state index contributed by atoms with van der Waals surface area (Å²) in [5.74, 6) is -0.607. The molecule has 2 aromatic rings. The first-order chi connectivity index (χ1) is 12.0. The Morgan fingerprint density at radius 3 is 2.20 bits per heavy atom. The van der Waals surface area contributed by atoms with E-state index in [2.05, 4.69) is 10.2 Å². The molecule has 0 unspecified atom stereocenters. The van der Waals surface area contributed by atoms with E-state index < -0.39 is 10.7 Å². The Bertz CT molecular complexity index is 746. The topological polar surface area (TPSA) is 112 Å². The van der Waals surface area contributed by atoms with Crippen LogP contribution in [0.5, 0.6) is 0 Å². The third kappa shape index (κ3) is 5.03. The quantitative estimate of drug-likeness (QED) is 0.433. The van der Waals surface area contributed by atoms with Crippen LogP contribution in [0.2, 0.25) is 0 Å². The molecule has 8 nitrogen and oxygen atoms in total. The SMILES string of the molecule is O=[N+]([O-])c1ccc(N=Nc2ccc(N(CCO)CCO)cc2F)cc1. The maximum Gasteiger partial charge on any atom is 0.269 e. The van der Waals surface area contributed by atoms with Gasteiger partial charge in [-0.2, -0.15) is 5.11 Å². The van der Waals surface area contributed by atoms with E-state index >= 15 is 0 Å². The van der Waals surface area contributed by atoms with E-state index in [1.54, 1.807) is 11.0 Å². The highest BCUT2D eigenvalue weighted by Gasteiger charge is 2.09. The molecule has 0 aliphatic rings. The van der Waals surface area contributed by atoms with Crippen LogP contribution in [-0.4, -0.2) is 41.4 Å². The van der Waals surface area contributed by atoms with Crippen LogP contribution >= 0.6 is 0 Å². The van der Waals surface area contributed by atoms with Gasteiger partial charge in [0.15, 0.2) is 5.82 Å². The van der Waals surface area contributed by atoms with E-state index in [0.717, 1.165) is 0 Å². The summed E-state index contributed by atoms with van der Waals surface area (Å²) in [6.45, 7) is 0.291. The van der Waals surface area contributed by atoms with E-state index in [-0.39, 0.29) is 37.7 Å². The van der Waals surface area contributed by atoms with E-state index in [1.807, 2.05) is 0 Å². The number of rotatable bonds is 8. The predicted octanol–water partition coefficient (Wildman–Crippen LogP) is 2.94. The molecule has 0 aliphatic carbocycles. The fraction of sp³-hybridized carbons (Fsp3) is 0.250. The second kappa shape index (κ2) is 8.81. The van der Waals surface area contributed by atoms with Gasteiger partial charge in [0.2, 0.25) is 0 Å². The molecule has 0 bridgehead atoms. The molecule has 0 amide bonds. The molecule has 0 aliphatic heterocycles. The number of aliphatic hydroxyl groups is 2. The van der Waals surface area contributed by atoms with Crippen LogP contribution in [0.4, 0.5) is 27.1 Å². The molecular formula is C16H17FN4O4. The first kappa shape index (κ1) is 18.4. The first-order valence-corrected chi connectivity index (χ1v) is 7.47. The van der Waals surface area contributed by atoms with Crippen molar-refractivity contribution < 1.29 is 19.5 Å². The number of non-ortho nitro benzene ring substituents is 1. The average molecular weight is 348 g/mol. The lowest BCUT2D eigenvalue weighted by Gasteiger charge is -2.23. The highest BCUT2D eigenvalue weighted by Crippen LogP contribution is 2.26. The third-order valence-corrected chi connectivity index (χ3v) is 3.37. The first-order valence-electron chi connectivity index (χ1n) is 7.47. The molecule has 9 heteroatoms. The van der Waals surface area contributed by atoms with Crippen LogP contribution in [0.15, 0.2) is 52.7 Å². The number of nitro groups is 1. The average Bonchev–Trinajstić information content (AvgIpc) is 2.61. The number of hydrogen-bond acceptors (Lipinski definition) is 7. The van der Waals surface area contributed by atoms with Crippen molar-refractivity contribution in [2.75, 3.05) is 31.2 Å². The zero-order valence-corrected chi connectivity index (χ0v) is 13.2. The van der Waals surface area contributed by atoms with Crippen molar-refractivity contribution in [1.82, 2.24) is 0 Å².